The van der Waals surface area contributed by atoms with Crippen LogP contribution in [0.2, 0.25) is 0 Å². The Balaban J connectivity index is 2.05. The highest BCUT2D eigenvalue weighted by Gasteiger charge is 2.22. The number of aromatic nitrogens is 2. The van der Waals surface area contributed by atoms with Crippen molar-refractivity contribution < 1.29 is 9.47 Å². The largest absolute Gasteiger partial charge is 0.353 e. The molecule has 1 fully saturated rings. The van der Waals surface area contributed by atoms with Crippen LogP contribution in [-0.4, -0.2) is 22.4 Å². The molecule has 1 aliphatic heterocycles. The summed E-state index contributed by atoms with van der Waals surface area (Å²) in [6.07, 6.45) is 13.3. The van der Waals surface area contributed by atoms with E-state index in [1.165, 1.54) is 0 Å². The predicted molar refractivity (Wildman–Crippen MR) is 68.7 cm³/mol. The van der Waals surface area contributed by atoms with Crippen LogP contribution in [0.4, 0.5) is 0 Å². The molecule has 2 atom stereocenters. The van der Waals surface area contributed by atoms with Crippen molar-refractivity contribution in [2.24, 2.45) is 0 Å². The Kier molecular flexibility index (Phi) is 4.57. The zero-order chi connectivity index (χ0) is 12.8. The number of imidazole rings is 1. The molecule has 96 valence electrons. The molecular weight excluding hydrogens is 228 g/mol. The van der Waals surface area contributed by atoms with E-state index in [-0.39, 0.29) is 6.29 Å². The highest BCUT2D eigenvalue weighted by Crippen LogP contribution is 2.22. The normalized spacial score (nSPS) is 21.2. The lowest BCUT2D eigenvalue weighted by atomic mass is 10.2. The SMILES string of the molecule is C#C[C@H](OC1CCCCO1)c1nccn1CC=C. The number of terminal acetylenes is 1. The maximum atomic E-state index is 5.80. The first kappa shape index (κ1) is 12.9. The molecule has 1 unspecified atom stereocenters. The Morgan fingerprint density at radius 1 is 1.72 bits per heavy atom. The van der Waals surface area contributed by atoms with Gasteiger partial charge in [0.05, 0.1) is 0 Å². The second kappa shape index (κ2) is 6.39. The summed E-state index contributed by atoms with van der Waals surface area (Å²) in [7, 11) is 0. The lowest BCUT2D eigenvalue weighted by Gasteiger charge is -2.25. The van der Waals surface area contributed by atoms with Crippen molar-refractivity contribution in [3.63, 3.8) is 0 Å². The number of hydrogen-bond acceptors (Lipinski definition) is 3. The van der Waals surface area contributed by atoms with Crippen LogP contribution >= 0.6 is 0 Å². The van der Waals surface area contributed by atoms with Crippen molar-refractivity contribution in [1.82, 2.24) is 9.55 Å². The smallest absolute Gasteiger partial charge is 0.178 e. The summed E-state index contributed by atoms with van der Waals surface area (Å²) in [6, 6.07) is 0. The molecule has 0 aromatic carbocycles. The molecule has 4 heteroatoms. The van der Waals surface area contributed by atoms with Gasteiger partial charge in [-0.15, -0.1) is 13.0 Å². The summed E-state index contributed by atoms with van der Waals surface area (Å²) in [4.78, 5) is 4.26. The third-order valence-electron chi connectivity index (χ3n) is 2.89. The highest BCUT2D eigenvalue weighted by atomic mass is 16.7. The molecule has 1 aromatic rings. The van der Waals surface area contributed by atoms with Gasteiger partial charge < -0.3 is 14.0 Å². The number of rotatable bonds is 5. The van der Waals surface area contributed by atoms with Crippen LogP contribution in [0.25, 0.3) is 0 Å². The first-order valence-electron chi connectivity index (χ1n) is 6.20. The van der Waals surface area contributed by atoms with Crippen LogP contribution in [0.3, 0.4) is 0 Å². The number of ether oxygens (including phenoxy) is 2. The maximum Gasteiger partial charge on any atom is 0.178 e. The average molecular weight is 246 g/mol. The first-order chi connectivity index (χ1) is 8.85. The molecule has 18 heavy (non-hydrogen) atoms. The van der Waals surface area contributed by atoms with Crippen LogP contribution in [0.15, 0.2) is 25.0 Å². The van der Waals surface area contributed by atoms with Gasteiger partial charge in [-0.25, -0.2) is 4.98 Å². The average Bonchev–Trinajstić information content (AvgIpc) is 2.86. The second-order valence-corrected chi connectivity index (χ2v) is 4.21. The predicted octanol–water partition coefficient (Wildman–Crippen LogP) is 2.29. The van der Waals surface area contributed by atoms with Crippen LogP contribution in [0, 0.1) is 12.3 Å². The molecule has 1 aromatic heterocycles. The molecule has 0 N–H and O–H groups in total. The summed E-state index contributed by atoms with van der Waals surface area (Å²) < 4.78 is 13.3. The number of hydrogen-bond donors (Lipinski definition) is 0. The molecule has 4 nitrogen and oxygen atoms in total. The van der Waals surface area contributed by atoms with Gasteiger partial charge >= 0.3 is 0 Å². The molecule has 0 bridgehead atoms. The molecule has 1 aliphatic rings. The lowest BCUT2D eigenvalue weighted by molar-refractivity contribution is -0.179. The fourth-order valence-electron chi connectivity index (χ4n) is 2.00. The molecule has 1 saturated heterocycles. The van der Waals surface area contributed by atoms with Crippen molar-refractivity contribution in [2.75, 3.05) is 6.61 Å². The van der Waals surface area contributed by atoms with E-state index in [1.54, 1.807) is 12.3 Å². The first-order valence-corrected chi connectivity index (χ1v) is 6.20. The van der Waals surface area contributed by atoms with Crippen molar-refractivity contribution in [1.29, 1.82) is 0 Å². The highest BCUT2D eigenvalue weighted by molar-refractivity contribution is 5.10. The van der Waals surface area contributed by atoms with E-state index in [0.717, 1.165) is 31.7 Å². The van der Waals surface area contributed by atoms with Gasteiger partial charge in [-0.1, -0.05) is 12.0 Å². The molecule has 2 rings (SSSR count). The number of nitrogens with zero attached hydrogens (tertiary/aromatic N) is 2. The fraction of sp³-hybridized carbons (Fsp3) is 0.500. The molecule has 0 radical (unpaired) electrons. The van der Waals surface area contributed by atoms with Gasteiger partial charge in [0.15, 0.2) is 18.2 Å². The van der Waals surface area contributed by atoms with Crippen LogP contribution < -0.4 is 0 Å². The number of allylic oxidation sites excluding steroid dienone is 1. The van der Waals surface area contributed by atoms with Gasteiger partial charge in [0.1, 0.15) is 0 Å². The van der Waals surface area contributed by atoms with Crippen LogP contribution in [-0.2, 0) is 16.0 Å². The van der Waals surface area contributed by atoms with Gasteiger partial charge in [-0.3, -0.25) is 0 Å². The zero-order valence-corrected chi connectivity index (χ0v) is 10.4. The summed E-state index contributed by atoms with van der Waals surface area (Å²) in [5.74, 6) is 3.36. The summed E-state index contributed by atoms with van der Waals surface area (Å²) in [6.45, 7) is 5.12. The van der Waals surface area contributed by atoms with Gasteiger partial charge in [0.25, 0.3) is 0 Å². The summed E-state index contributed by atoms with van der Waals surface area (Å²) in [5, 5.41) is 0. The Bertz CT molecular complexity index is 427. The Hall–Kier alpha value is -1.57. The minimum Gasteiger partial charge on any atom is -0.353 e. The maximum absolute atomic E-state index is 5.80. The topological polar surface area (TPSA) is 36.3 Å². The minimum absolute atomic E-state index is 0.214. The van der Waals surface area contributed by atoms with E-state index in [9.17, 15) is 0 Å². The Morgan fingerprint density at radius 2 is 2.61 bits per heavy atom. The minimum atomic E-state index is -0.469. The van der Waals surface area contributed by atoms with Gasteiger partial charge in [-0.05, 0) is 19.3 Å². The standard InChI is InChI=1S/C14H18N2O2/c1-3-9-16-10-8-15-14(16)12(4-2)18-13-7-5-6-11-17-13/h2-3,8,10,12-13H,1,5-7,9,11H2/t12-,13?/m0/s1. The van der Waals surface area contributed by atoms with E-state index in [0.29, 0.717) is 6.54 Å². The molecular formula is C14H18N2O2. The van der Waals surface area contributed by atoms with Crippen molar-refractivity contribution in [3.8, 4) is 12.3 Å². The van der Waals surface area contributed by atoms with Gasteiger partial charge in [0.2, 0.25) is 0 Å². The molecule has 0 amide bonds. The van der Waals surface area contributed by atoms with Gasteiger partial charge in [0, 0.05) is 25.5 Å². The van der Waals surface area contributed by atoms with E-state index in [2.05, 4.69) is 17.5 Å². The van der Waals surface area contributed by atoms with E-state index < -0.39 is 6.10 Å². The van der Waals surface area contributed by atoms with Crippen molar-refractivity contribution in [3.05, 3.63) is 30.9 Å². The quantitative estimate of drug-likeness (QED) is 0.591. The Labute approximate surface area is 108 Å². The van der Waals surface area contributed by atoms with Crippen LogP contribution in [0.1, 0.15) is 31.2 Å². The van der Waals surface area contributed by atoms with E-state index in [4.69, 9.17) is 15.9 Å². The van der Waals surface area contributed by atoms with Gasteiger partial charge in [-0.2, -0.15) is 0 Å². The molecule has 0 aliphatic carbocycles. The molecule has 0 spiro atoms. The molecule has 2 heterocycles. The van der Waals surface area contributed by atoms with Crippen molar-refractivity contribution >= 4 is 0 Å². The van der Waals surface area contributed by atoms with E-state index >= 15 is 0 Å². The Morgan fingerprint density at radius 3 is 3.28 bits per heavy atom. The van der Waals surface area contributed by atoms with Crippen molar-refractivity contribution in [2.45, 2.75) is 38.2 Å². The fourth-order valence-corrected chi connectivity index (χ4v) is 2.00. The third kappa shape index (κ3) is 3.00. The van der Waals surface area contributed by atoms with Crippen LogP contribution in [0.5, 0.6) is 0 Å². The molecule has 0 saturated carbocycles. The zero-order valence-electron chi connectivity index (χ0n) is 10.4. The lowest BCUT2D eigenvalue weighted by Crippen LogP contribution is -2.25. The summed E-state index contributed by atoms with van der Waals surface area (Å²) >= 11 is 0. The second-order valence-electron chi connectivity index (χ2n) is 4.21. The summed E-state index contributed by atoms with van der Waals surface area (Å²) in [5.41, 5.74) is 0. The monoisotopic (exact) mass is 246 g/mol. The third-order valence-corrected chi connectivity index (χ3v) is 2.89. The van der Waals surface area contributed by atoms with E-state index in [1.807, 2.05) is 10.8 Å².